The second-order valence-electron chi connectivity index (χ2n) is 4.97. The molecule has 0 aliphatic rings. The van der Waals surface area contributed by atoms with Gasteiger partial charge in [-0.25, -0.2) is 0 Å². The van der Waals surface area contributed by atoms with Crippen molar-refractivity contribution in [2.75, 3.05) is 6.61 Å². The second-order valence-corrected chi connectivity index (χ2v) is 4.97. The molecule has 0 aliphatic heterocycles. The number of Topliss-reactive ketones (excluding diaryl/α,β-unsaturated/α-hetero) is 1. The maximum Gasteiger partial charge on any atom is 0.158 e. The van der Waals surface area contributed by atoms with Crippen LogP contribution in [0.15, 0.2) is 54.6 Å². The van der Waals surface area contributed by atoms with Gasteiger partial charge in [-0.2, -0.15) is 0 Å². The van der Waals surface area contributed by atoms with Crippen molar-refractivity contribution in [1.82, 2.24) is 0 Å². The van der Waals surface area contributed by atoms with Gasteiger partial charge in [0.05, 0.1) is 0 Å². The van der Waals surface area contributed by atoms with E-state index in [9.17, 15) is 4.79 Å². The Morgan fingerprint density at radius 1 is 0.952 bits per heavy atom. The van der Waals surface area contributed by atoms with E-state index in [1.807, 2.05) is 54.6 Å². The zero-order chi connectivity index (χ0) is 14.9. The minimum absolute atomic E-state index is 0.0992. The molecule has 0 aliphatic carbocycles. The van der Waals surface area contributed by atoms with Gasteiger partial charge in [0.25, 0.3) is 0 Å². The lowest BCUT2D eigenvalue weighted by Gasteiger charge is -2.07. The van der Waals surface area contributed by atoms with Gasteiger partial charge in [-0.15, -0.1) is 0 Å². The topological polar surface area (TPSA) is 46.5 Å². The van der Waals surface area contributed by atoms with Crippen molar-refractivity contribution < 1.29 is 14.6 Å². The molecule has 0 aromatic heterocycles. The highest BCUT2D eigenvalue weighted by Gasteiger charge is 2.01. The van der Waals surface area contributed by atoms with Crippen LogP contribution < -0.4 is 4.74 Å². The Morgan fingerprint density at radius 2 is 1.67 bits per heavy atom. The largest absolute Gasteiger partial charge is 0.489 e. The molecule has 2 aromatic rings. The maximum atomic E-state index is 11.0. The van der Waals surface area contributed by atoms with Crippen LogP contribution in [0.1, 0.15) is 24.0 Å². The molecule has 3 nitrogen and oxygen atoms in total. The van der Waals surface area contributed by atoms with E-state index in [1.165, 1.54) is 5.56 Å². The molecule has 0 atom stereocenters. The number of rotatable bonds is 8. The number of hydrogen-bond donors (Lipinski definition) is 1. The van der Waals surface area contributed by atoms with E-state index in [4.69, 9.17) is 9.84 Å². The lowest BCUT2D eigenvalue weighted by atomic mass is 10.1. The summed E-state index contributed by atoms with van der Waals surface area (Å²) in [5, 5.41) is 8.66. The Kier molecular flexibility index (Phi) is 5.98. The molecule has 0 fully saturated rings. The van der Waals surface area contributed by atoms with Crippen LogP contribution in [0.25, 0.3) is 0 Å². The summed E-state index contributed by atoms with van der Waals surface area (Å²) >= 11 is 0. The Balaban J connectivity index is 1.78. The number of benzene rings is 2. The molecule has 0 saturated heterocycles. The van der Waals surface area contributed by atoms with Crippen LogP contribution in [0, 0.1) is 0 Å². The minimum atomic E-state index is -0.355. The summed E-state index contributed by atoms with van der Waals surface area (Å²) in [5.41, 5.74) is 2.32. The average Bonchev–Trinajstić information content (AvgIpc) is 2.55. The summed E-state index contributed by atoms with van der Waals surface area (Å²) in [7, 11) is 0. The SMILES string of the molecule is O=C(CO)CCCc1ccc(OCc2ccccc2)cc1. The quantitative estimate of drug-likeness (QED) is 0.810. The fraction of sp³-hybridized carbons (Fsp3) is 0.278. The van der Waals surface area contributed by atoms with Gasteiger partial charge in [0.2, 0.25) is 0 Å². The summed E-state index contributed by atoms with van der Waals surface area (Å²) in [5.74, 6) is 0.742. The molecule has 21 heavy (non-hydrogen) atoms. The average molecular weight is 284 g/mol. The van der Waals surface area contributed by atoms with Gasteiger partial charge in [0, 0.05) is 6.42 Å². The fourth-order valence-electron chi connectivity index (χ4n) is 2.06. The van der Waals surface area contributed by atoms with Crippen LogP contribution in [0.3, 0.4) is 0 Å². The van der Waals surface area contributed by atoms with Crippen molar-refractivity contribution in [3.05, 3.63) is 65.7 Å². The van der Waals surface area contributed by atoms with E-state index in [0.29, 0.717) is 13.0 Å². The first kappa shape index (κ1) is 15.3. The lowest BCUT2D eigenvalue weighted by molar-refractivity contribution is -0.121. The van der Waals surface area contributed by atoms with Crippen molar-refractivity contribution in [3.63, 3.8) is 0 Å². The van der Waals surface area contributed by atoms with Crippen molar-refractivity contribution >= 4 is 5.78 Å². The number of aliphatic hydroxyl groups is 1. The van der Waals surface area contributed by atoms with E-state index < -0.39 is 0 Å². The molecule has 0 amide bonds. The maximum absolute atomic E-state index is 11.0. The van der Waals surface area contributed by atoms with Crippen LogP contribution in [-0.4, -0.2) is 17.5 Å². The van der Waals surface area contributed by atoms with E-state index in [-0.39, 0.29) is 12.4 Å². The van der Waals surface area contributed by atoms with Gasteiger partial charge < -0.3 is 9.84 Å². The highest BCUT2D eigenvalue weighted by atomic mass is 16.5. The molecule has 2 aromatic carbocycles. The van der Waals surface area contributed by atoms with Crippen LogP contribution in [0.5, 0.6) is 5.75 Å². The molecular formula is C18H20O3. The van der Waals surface area contributed by atoms with Gasteiger partial charge in [-0.1, -0.05) is 42.5 Å². The number of aliphatic hydroxyl groups excluding tert-OH is 1. The molecule has 0 saturated carbocycles. The molecule has 0 unspecified atom stereocenters. The monoisotopic (exact) mass is 284 g/mol. The first-order chi connectivity index (χ1) is 10.3. The van der Waals surface area contributed by atoms with E-state index in [2.05, 4.69) is 0 Å². The van der Waals surface area contributed by atoms with Gasteiger partial charge in [0.15, 0.2) is 5.78 Å². The molecule has 0 spiro atoms. The molecule has 3 heteroatoms. The van der Waals surface area contributed by atoms with Gasteiger partial charge in [-0.05, 0) is 36.1 Å². The standard InChI is InChI=1S/C18H20O3/c19-13-17(20)8-4-7-15-9-11-18(12-10-15)21-14-16-5-2-1-3-6-16/h1-3,5-6,9-12,19H,4,7-8,13-14H2. The van der Waals surface area contributed by atoms with Crippen LogP contribution >= 0.6 is 0 Å². The van der Waals surface area contributed by atoms with E-state index in [0.717, 1.165) is 24.2 Å². The number of ketones is 1. The van der Waals surface area contributed by atoms with Gasteiger partial charge in [-0.3, -0.25) is 4.79 Å². The molecular weight excluding hydrogens is 264 g/mol. The number of aryl methyl sites for hydroxylation is 1. The zero-order valence-corrected chi connectivity index (χ0v) is 12.0. The molecule has 1 N–H and O–H groups in total. The predicted octanol–water partition coefficient (Wildman–Crippen LogP) is 3.15. The highest BCUT2D eigenvalue weighted by Crippen LogP contribution is 2.15. The highest BCUT2D eigenvalue weighted by molar-refractivity contribution is 5.79. The van der Waals surface area contributed by atoms with Crippen LogP contribution in [0.2, 0.25) is 0 Å². The molecule has 2 rings (SSSR count). The molecule has 0 radical (unpaired) electrons. The van der Waals surface area contributed by atoms with Crippen molar-refractivity contribution in [3.8, 4) is 5.75 Å². The summed E-state index contributed by atoms with van der Waals surface area (Å²) in [6.07, 6.45) is 2.04. The molecule has 0 heterocycles. The molecule has 110 valence electrons. The predicted molar refractivity (Wildman–Crippen MR) is 82.2 cm³/mol. The summed E-state index contributed by atoms with van der Waals surface area (Å²) in [6.45, 7) is 0.206. The zero-order valence-electron chi connectivity index (χ0n) is 12.0. The normalized spacial score (nSPS) is 10.3. The first-order valence-corrected chi connectivity index (χ1v) is 7.16. The first-order valence-electron chi connectivity index (χ1n) is 7.16. The van der Waals surface area contributed by atoms with Crippen molar-refractivity contribution in [2.45, 2.75) is 25.9 Å². The summed E-state index contributed by atoms with van der Waals surface area (Å²) < 4.78 is 5.72. The smallest absolute Gasteiger partial charge is 0.158 e. The van der Waals surface area contributed by atoms with Crippen molar-refractivity contribution in [2.24, 2.45) is 0 Å². The summed E-state index contributed by atoms with van der Waals surface area (Å²) in [4.78, 5) is 11.0. The van der Waals surface area contributed by atoms with Crippen molar-refractivity contribution in [1.29, 1.82) is 0 Å². The van der Waals surface area contributed by atoms with E-state index >= 15 is 0 Å². The number of ether oxygens (including phenoxy) is 1. The Bertz CT molecular complexity index is 546. The third-order valence-corrected chi connectivity index (χ3v) is 3.27. The van der Waals surface area contributed by atoms with Gasteiger partial charge in [0.1, 0.15) is 19.0 Å². The molecule has 0 bridgehead atoms. The van der Waals surface area contributed by atoms with Crippen LogP contribution in [-0.2, 0) is 17.8 Å². The van der Waals surface area contributed by atoms with Crippen LogP contribution in [0.4, 0.5) is 0 Å². The van der Waals surface area contributed by atoms with Gasteiger partial charge >= 0.3 is 0 Å². The summed E-state index contributed by atoms with van der Waals surface area (Å²) in [6, 6.07) is 18.0. The minimum Gasteiger partial charge on any atom is -0.489 e. The number of hydrogen-bond acceptors (Lipinski definition) is 3. The fourth-order valence-corrected chi connectivity index (χ4v) is 2.06. The Labute approximate surface area is 125 Å². The second kappa shape index (κ2) is 8.22. The Hall–Kier alpha value is -2.13. The Morgan fingerprint density at radius 3 is 2.33 bits per heavy atom. The van der Waals surface area contributed by atoms with E-state index in [1.54, 1.807) is 0 Å². The number of carbonyl (C=O) groups is 1. The third-order valence-electron chi connectivity index (χ3n) is 3.27. The lowest BCUT2D eigenvalue weighted by Crippen LogP contribution is -2.03. The third kappa shape index (κ3) is 5.40. The number of carbonyl (C=O) groups excluding carboxylic acids is 1.